The molecule has 0 radical (unpaired) electrons. The molecule has 11 nitrogen and oxygen atoms in total. The van der Waals surface area contributed by atoms with Crippen LogP contribution in [0.25, 0.3) is 41.8 Å². The van der Waals surface area contributed by atoms with Crippen molar-refractivity contribution >= 4 is 155 Å². The van der Waals surface area contributed by atoms with Crippen LogP contribution in [0.1, 0.15) is 54.0 Å². The minimum Gasteiger partial charge on any atom is -0.399 e. The highest BCUT2D eigenvalue weighted by Gasteiger charge is 2.51. The molecule has 0 bridgehead atoms. The number of nitrogens with two attached hydrogens (primary N) is 1. The van der Waals surface area contributed by atoms with Crippen LogP contribution >= 0.6 is 105 Å². The second kappa shape index (κ2) is 26.6. The van der Waals surface area contributed by atoms with Gasteiger partial charge in [-0.25, -0.2) is 29.9 Å². The van der Waals surface area contributed by atoms with Crippen molar-refractivity contribution in [2.24, 2.45) is 0 Å². The van der Waals surface area contributed by atoms with Crippen LogP contribution in [0.4, 0.5) is 5.69 Å². The first-order valence-electron chi connectivity index (χ1n) is 22.7. The molecule has 1 fully saturated rings. The van der Waals surface area contributed by atoms with Crippen molar-refractivity contribution in [3.63, 3.8) is 0 Å². The summed E-state index contributed by atoms with van der Waals surface area (Å²) in [5.74, 6) is 0.0346. The number of aromatic nitrogens is 6. The Balaban J connectivity index is 0.000000144. The highest BCUT2D eigenvalue weighted by atomic mass is 79.9. The van der Waals surface area contributed by atoms with E-state index in [9.17, 15) is 9.59 Å². The molecule has 4 aromatic carbocycles. The zero-order valence-electron chi connectivity index (χ0n) is 40.4. The first-order chi connectivity index (χ1) is 35.9. The topological polar surface area (TPSA) is 156 Å². The van der Waals surface area contributed by atoms with E-state index in [0.29, 0.717) is 27.1 Å². The highest BCUT2D eigenvalue weighted by Crippen LogP contribution is 2.37. The maximum absolute atomic E-state index is 12.0. The minimum atomic E-state index is -0.424. The first kappa shape index (κ1) is 57.4. The summed E-state index contributed by atoms with van der Waals surface area (Å²) in [7, 11) is -0.332. The summed E-state index contributed by atoms with van der Waals surface area (Å²) in [6.45, 7) is 8.26. The van der Waals surface area contributed by atoms with Gasteiger partial charge in [0.15, 0.2) is 10.9 Å². The minimum absolute atomic E-state index is 0.0346. The smallest absolute Gasteiger partial charge is 0.399 e. The van der Waals surface area contributed by atoms with Gasteiger partial charge in [0.2, 0.25) is 0 Å². The molecule has 0 amide bonds. The molecule has 75 heavy (non-hydrogen) atoms. The van der Waals surface area contributed by atoms with E-state index < -0.39 is 5.24 Å². The molecule has 0 aliphatic carbocycles. The van der Waals surface area contributed by atoms with Gasteiger partial charge in [0.1, 0.15) is 35.9 Å². The standard InChI is InChI=1S/C18H19BN2O2S.C13H9BrClNO.C12H7BrN2S.C7H4BrClO.C5H5ClN2/c1-17(2)18(3,4)23-19(22-17)13-9-7-12(8-10-13)15-21-14-6-5-11-20-16(14)24-15;14-11-5-3-9(4-6-11)12(17)8-10-2-1-7-16-13(10)15;13-9-5-3-8(4-6-9)11-15-10-2-1-7-14-12(10)16-11;8-6-3-1-5(2-4-6)7(9)10;6-5-4(7)2-1-3-8-5/h5-11H,1-4H3;1-7H,8H2;1-7H;1-4H;1-3H,7H2. The van der Waals surface area contributed by atoms with E-state index in [1.54, 1.807) is 102 Å². The number of carbonyl (C=O) groups is 2. The highest BCUT2D eigenvalue weighted by molar-refractivity contribution is 9.11. The second-order valence-electron chi connectivity index (χ2n) is 17.1. The van der Waals surface area contributed by atoms with Crippen LogP contribution in [0.5, 0.6) is 0 Å². The van der Waals surface area contributed by atoms with Gasteiger partial charge in [0.05, 0.1) is 16.9 Å². The van der Waals surface area contributed by atoms with Gasteiger partial charge in [-0.15, -0.1) is 0 Å². The number of pyridine rings is 4. The molecule has 11 rings (SSSR count). The second-order valence-corrected chi connectivity index (χ2v) is 22.9. The Bertz CT molecular complexity index is 3420. The maximum atomic E-state index is 12.0. The largest absolute Gasteiger partial charge is 0.494 e. The summed E-state index contributed by atoms with van der Waals surface area (Å²) in [6.07, 6.45) is 7.07. The van der Waals surface area contributed by atoms with E-state index >= 15 is 0 Å². The predicted octanol–water partition coefficient (Wildman–Crippen LogP) is 15.8. The van der Waals surface area contributed by atoms with E-state index in [-0.39, 0.29) is 30.5 Å². The molecule has 0 atom stereocenters. The number of fused-ring (bicyclic) bond motifs is 2. The van der Waals surface area contributed by atoms with E-state index in [2.05, 4.69) is 142 Å². The number of thiazole rings is 2. The lowest BCUT2D eigenvalue weighted by atomic mass is 9.79. The molecule has 1 aliphatic heterocycles. The lowest BCUT2D eigenvalue weighted by molar-refractivity contribution is 0.00578. The van der Waals surface area contributed by atoms with Gasteiger partial charge in [-0.1, -0.05) is 148 Å². The van der Waals surface area contributed by atoms with Crippen LogP contribution in [-0.4, -0.2) is 59.3 Å². The van der Waals surface area contributed by atoms with Crippen molar-refractivity contribution in [2.45, 2.75) is 45.3 Å². The SMILES string of the molecule is Brc1ccc(-c2nc3cccnc3s2)cc1.CC1(C)OB(c2ccc(-c3nc4cccnc4s3)cc2)OC1(C)C.Nc1cccnc1Cl.O=C(Cc1cccnc1Cl)c1ccc(Br)cc1.O=C(Cl)c1ccc(Br)cc1. The molecule has 6 aromatic heterocycles. The van der Waals surface area contributed by atoms with Crippen LogP contribution in [-0.2, 0) is 15.7 Å². The molecule has 7 heterocycles. The lowest BCUT2D eigenvalue weighted by Gasteiger charge is -2.32. The number of halogens is 6. The number of benzene rings is 4. The Morgan fingerprint density at radius 3 is 1.40 bits per heavy atom. The maximum Gasteiger partial charge on any atom is 0.494 e. The number of hydrogen-bond acceptors (Lipinski definition) is 13. The number of rotatable bonds is 7. The third-order valence-electron chi connectivity index (χ3n) is 11.3. The summed E-state index contributed by atoms with van der Waals surface area (Å²) in [4.78, 5) is 49.9. The van der Waals surface area contributed by atoms with Crippen molar-refractivity contribution in [1.29, 1.82) is 0 Å². The normalized spacial score (nSPS) is 13.0. The fourth-order valence-electron chi connectivity index (χ4n) is 6.58. The number of anilines is 1. The number of ketones is 1. The summed E-state index contributed by atoms with van der Waals surface area (Å²) in [5, 5.41) is 2.32. The van der Waals surface area contributed by atoms with Crippen molar-refractivity contribution in [3.05, 3.63) is 211 Å². The van der Waals surface area contributed by atoms with E-state index in [1.165, 1.54) is 0 Å². The third kappa shape index (κ3) is 16.1. The quantitative estimate of drug-likeness (QED) is 0.0701. The Morgan fingerprint density at radius 2 is 0.973 bits per heavy atom. The van der Waals surface area contributed by atoms with Crippen LogP contribution < -0.4 is 11.2 Å². The molecule has 0 saturated carbocycles. The number of Topliss-reactive ketones (excluding diaryl/α,β-unsaturated/α-hetero) is 1. The Kier molecular flexibility index (Phi) is 20.4. The molecule has 0 spiro atoms. The lowest BCUT2D eigenvalue weighted by Crippen LogP contribution is -2.41. The Labute approximate surface area is 482 Å². The van der Waals surface area contributed by atoms with Gasteiger partial charge in [-0.05, 0) is 141 Å². The monoisotopic (exact) mass is 1280 g/mol. The number of hydrogen-bond donors (Lipinski definition) is 1. The van der Waals surface area contributed by atoms with E-state index in [1.807, 2.05) is 54.6 Å². The number of nitrogen functional groups attached to an aromatic ring is 1. The molecule has 10 aromatic rings. The molecular formula is C55H44BBr3Cl3N7O4S2. The molecule has 1 aliphatic rings. The fraction of sp³-hybridized carbons (Fsp3) is 0.127. The van der Waals surface area contributed by atoms with Gasteiger partial charge >= 0.3 is 7.12 Å². The summed E-state index contributed by atoms with van der Waals surface area (Å²) in [5.41, 5.74) is 12.3. The Hall–Kier alpha value is -5.31. The van der Waals surface area contributed by atoms with Gasteiger partial charge in [-0.3, -0.25) is 9.59 Å². The zero-order chi connectivity index (χ0) is 53.7. The summed E-state index contributed by atoms with van der Waals surface area (Å²) in [6, 6.07) is 45.4. The molecule has 2 N–H and O–H groups in total. The van der Waals surface area contributed by atoms with Gasteiger partial charge in [0, 0.05) is 66.9 Å². The van der Waals surface area contributed by atoms with Crippen LogP contribution in [0, 0.1) is 0 Å². The van der Waals surface area contributed by atoms with Crippen molar-refractivity contribution in [1.82, 2.24) is 29.9 Å². The van der Waals surface area contributed by atoms with Crippen LogP contribution in [0.3, 0.4) is 0 Å². The fourth-order valence-corrected chi connectivity index (χ4v) is 9.63. The Morgan fingerprint density at radius 1 is 0.560 bits per heavy atom. The summed E-state index contributed by atoms with van der Waals surface area (Å²) < 4.78 is 15.2. The predicted molar refractivity (Wildman–Crippen MR) is 319 cm³/mol. The number of carbonyl (C=O) groups excluding carboxylic acids is 2. The average molecular weight is 1290 g/mol. The molecule has 1 saturated heterocycles. The molecular weight excluding hydrogens is 1240 g/mol. The van der Waals surface area contributed by atoms with Crippen LogP contribution in [0.2, 0.25) is 10.3 Å². The van der Waals surface area contributed by atoms with Gasteiger partial charge in [0.25, 0.3) is 5.24 Å². The number of nitrogens with zero attached hydrogens (tertiary/aromatic N) is 6. The van der Waals surface area contributed by atoms with E-state index in [0.717, 1.165) is 66.3 Å². The van der Waals surface area contributed by atoms with Crippen molar-refractivity contribution in [3.8, 4) is 21.1 Å². The average Bonchev–Trinajstić information content (AvgIpc) is 4.11. The van der Waals surface area contributed by atoms with Crippen LogP contribution in [0.15, 0.2) is 184 Å². The van der Waals surface area contributed by atoms with Gasteiger partial charge < -0.3 is 15.0 Å². The molecule has 20 heteroatoms. The first-order valence-corrected chi connectivity index (χ1v) is 27.8. The third-order valence-corrected chi connectivity index (χ3v) is 15.8. The molecule has 0 unspecified atom stereocenters. The summed E-state index contributed by atoms with van der Waals surface area (Å²) >= 11 is 29.8. The van der Waals surface area contributed by atoms with Crippen molar-refractivity contribution < 1.29 is 18.9 Å². The molecule has 380 valence electrons. The van der Waals surface area contributed by atoms with Gasteiger partial charge in [-0.2, -0.15) is 0 Å². The van der Waals surface area contributed by atoms with E-state index in [4.69, 9.17) is 49.8 Å². The van der Waals surface area contributed by atoms with Crippen molar-refractivity contribution in [2.75, 3.05) is 5.73 Å². The zero-order valence-corrected chi connectivity index (χ0v) is 49.1.